The fourth-order valence-corrected chi connectivity index (χ4v) is 5.24. The molecule has 194 valence electrons. The second-order valence-corrected chi connectivity index (χ2v) is 9.95. The number of likely N-dealkylation sites (tertiary alicyclic amines) is 1. The number of piperidine rings is 1. The van der Waals surface area contributed by atoms with Gasteiger partial charge in [0.05, 0.1) is 22.5 Å². The van der Waals surface area contributed by atoms with Gasteiger partial charge in [-0.05, 0) is 43.9 Å². The third kappa shape index (κ3) is 4.82. The first kappa shape index (κ1) is 24.9. The zero-order valence-electron chi connectivity index (χ0n) is 20.2. The molecular formula is C24H24F3N7O2S. The highest BCUT2D eigenvalue weighted by Crippen LogP contribution is 2.34. The Morgan fingerprint density at radius 2 is 1.89 bits per heavy atom. The van der Waals surface area contributed by atoms with Crippen molar-refractivity contribution in [3.05, 3.63) is 52.4 Å². The summed E-state index contributed by atoms with van der Waals surface area (Å²) in [5.41, 5.74) is -0.915. The number of nitrogens with zero attached hydrogens (tertiary/aromatic N) is 6. The van der Waals surface area contributed by atoms with E-state index in [9.17, 15) is 22.8 Å². The first-order valence-electron chi connectivity index (χ1n) is 11.9. The number of halogens is 3. The van der Waals surface area contributed by atoms with Gasteiger partial charge in [0.25, 0.3) is 11.8 Å². The van der Waals surface area contributed by atoms with E-state index in [1.807, 2.05) is 13.0 Å². The molecule has 0 unspecified atom stereocenters. The van der Waals surface area contributed by atoms with Crippen molar-refractivity contribution < 1.29 is 22.8 Å². The average Bonchev–Trinajstić information content (AvgIpc) is 3.61. The molecule has 0 saturated carbocycles. The first-order valence-corrected chi connectivity index (χ1v) is 12.7. The van der Waals surface area contributed by atoms with Crippen LogP contribution in [0.1, 0.15) is 57.7 Å². The number of carbonyl (C=O) groups is 2. The highest BCUT2D eigenvalue weighted by Gasteiger charge is 2.36. The average molecular weight is 532 g/mol. The van der Waals surface area contributed by atoms with Gasteiger partial charge in [0.2, 0.25) is 0 Å². The molecule has 1 saturated heterocycles. The number of nitrogens with one attached hydrogen (secondary N) is 1. The monoisotopic (exact) mass is 531 g/mol. The molecule has 0 atom stereocenters. The maximum absolute atomic E-state index is 13.9. The molecule has 9 nitrogen and oxygen atoms in total. The minimum absolute atomic E-state index is 0.114. The maximum Gasteiger partial charge on any atom is 0.433 e. The van der Waals surface area contributed by atoms with Gasteiger partial charge in [-0.2, -0.15) is 23.4 Å². The summed E-state index contributed by atoms with van der Waals surface area (Å²) >= 11 is 1.36. The van der Waals surface area contributed by atoms with E-state index >= 15 is 0 Å². The van der Waals surface area contributed by atoms with Gasteiger partial charge >= 0.3 is 6.18 Å². The standard InChI is InChI=1S/C24H24F3N7O2S/c1-3-14-7-8-18(37-14)15-11-19(24(25,26)27)34-20(29-15)12-16(31-34)22(35)30-17-13-28-32(2)21(17)23(36)33-9-5-4-6-10-33/h7-8,11-13H,3-6,9-10H2,1-2H3,(H,30,35). The first-order chi connectivity index (χ1) is 17.7. The molecule has 4 aromatic rings. The summed E-state index contributed by atoms with van der Waals surface area (Å²) in [4.78, 5) is 33.8. The van der Waals surface area contributed by atoms with E-state index in [0.717, 1.165) is 36.6 Å². The van der Waals surface area contributed by atoms with Crippen LogP contribution in [0.4, 0.5) is 18.9 Å². The summed E-state index contributed by atoms with van der Waals surface area (Å²) in [5.74, 6) is -1.04. The Morgan fingerprint density at radius 1 is 1.14 bits per heavy atom. The number of aromatic nitrogens is 5. The zero-order valence-corrected chi connectivity index (χ0v) is 21.0. The Hall–Kier alpha value is -3.74. The van der Waals surface area contributed by atoms with Crippen LogP contribution < -0.4 is 5.32 Å². The van der Waals surface area contributed by atoms with Gasteiger partial charge in [-0.3, -0.25) is 14.3 Å². The SMILES string of the molecule is CCc1ccc(-c2cc(C(F)(F)F)n3nc(C(=O)Nc4cnn(C)c4C(=O)N4CCCCC4)cc3n2)s1. The number of hydrogen-bond donors (Lipinski definition) is 1. The molecule has 0 radical (unpaired) electrons. The third-order valence-electron chi connectivity index (χ3n) is 6.25. The molecule has 13 heteroatoms. The molecular weight excluding hydrogens is 507 g/mol. The Balaban J connectivity index is 1.48. The summed E-state index contributed by atoms with van der Waals surface area (Å²) in [6, 6.07) is 5.72. The van der Waals surface area contributed by atoms with E-state index in [4.69, 9.17) is 0 Å². The van der Waals surface area contributed by atoms with Crippen molar-refractivity contribution in [3.63, 3.8) is 0 Å². The lowest BCUT2D eigenvalue weighted by atomic mass is 10.1. The molecule has 0 bridgehead atoms. The number of rotatable bonds is 5. The smallest absolute Gasteiger partial charge is 0.337 e. The zero-order chi connectivity index (χ0) is 26.3. The van der Waals surface area contributed by atoms with Crippen molar-refractivity contribution in [1.82, 2.24) is 29.3 Å². The molecule has 0 spiro atoms. The molecule has 1 fully saturated rings. The van der Waals surface area contributed by atoms with Crippen molar-refractivity contribution in [2.75, 3.05) is 18.4 Å². The number of amides is 2. The predicted molar refractivity (Wildman–Crippen MR) is 132 cm³/mol. The van der Waals surface area contributed by atoms with Crippen LogP contribution in [0.25, 0.3) is 16.2 Å². The summed E-state index contributed by atoms with van der Waals surface area (Å²) in [6.07, 6.45) is 0.214. The summed E-state index contributed by atoms with van der Waals surface area (Å²) in [5, 5.41) is 10.6. The van der Waals surface area contributed by atoms with Crippen molar-refractivity contribution in [2.45, 2.75) is 38.8 Å². The second-order valence-electron chi connectivity index (χ2n) is 8.78. The highest BCUT2D eigenvalue weighted by atomic mass is 32.1. The van der Waals surface area contributed by atoms with Crippen LogP contribution in [0, 0.1) is 0 Å². The van der Waals surface area contributed by atoms with Gasteiger partial charge in [-0.1, -0.05) is 6.92 Å². The van der Waals surface area contributed by atoms with Crippen molar-refractivity contribution in [1.29, 1.82) is 0 Å². The lowest BCUT2D eigenvalue weighted by Crippen LogP contribution is -2.37. The molecule has 4 aromatic heterocycles. The van der Waals surface area contributed by atoms with Gasteiger partial charge in [0.15, 0.2) is 17.0 Å². The Bertz CT molecular complexity index is 1480. The van der Waals surface area contributed by atoms with E-state index < -0.39 is 17.8 Å². The third-order valence-corrected chi connectivity index (χ3v) is 7.50. The fourth-order valence-electron chi connectivity index (χ4n) is 4.33. The molecule has 5 heterocycles. The summed E-state index contributed by atoms with van der Waals surface area (Å²) in [7, 11) is 1.59. The van der Waals surface area contributed by atoms with Crippen molar-refractivity contribution in [3.8, 4) is 10.6 Å². The minimum Gasteiger partial charge on any atom is -0.337 e. The molecule has 2 amide bonds. The van der Waals surface area contributed by atoms with E-state index in [0.29, 0.717) is 22.5 Å². The van der Waals surface area contributed by atoms with Crippen LogP contribution in [-0.2, 0) is 19.6 Å². The number of carbonyl (C=O) groups excluding carboxylic acids is 2. The van der Waals surface area contributed by atoms with Crippen LogP contribution >= 0.6 is 11.3 Å². The highest BCUT2D eigenvalue weighted by molar-refractivity contribution is 7.15. The molecule has 5 rings (SSSR count). The maximum atomic E-state index is 13.9. The predicted octanol–water partition coefficient (Wildman–Crippen LogP) is 4.65. The lowest BCUT2D eigenvalue weighted by Gasteiger charge is -2.27. The molecule has 0 aliphatic carbocycles. The van der Waals surface area contributed by atoms with Crippen LogP contribution in [0.15, 0.2) is 30.5 Å². The number of aryl methyl sites for hydroxylation is 2. The molecule has 1 aliphatic heterocycles. The lowest BCUT2D eigenvalue weighted by molar-refractivity contribution is -0.142. The van der Waals surface area contributed by atoms with Gasteiger partial charge in [-0.25, -0.2) is 9.50 Å². The Labute approximate surface area is 213 Å². The van der Waals surface area contributed by atoms with Crippen LogP contribution in [0.2, 0.25) is 0 Å². The number of thiophene rings is 1. The summed E-state index contributed by atoms with van der Waals surface area (Å²) < 4.78 is 43.8. The minimum atomic E-state index is -4.72. The Morgan fingerprint density at radius 3 is 2.57 bits per heavy atom. The number of hydrogen-bond acceptors (Lipinski definition) is 6. The topological polar surface area (TPSA) is 97.4 Å². The Kier molecular flexibility index (Phi) is 6.48. The van der Waals surface area contributed by atoms with Crippen LogP contribution in [0.5, 0.6) is 0 Å². The molecule has 0 aromatic carbocycles. The van der Waals surface area contributed by atoms with Gasteiger partial charge in [0.1, 0.15) is 5.69 Å². The molecule has 1 N–H and O–H groups in total. The van der Waals surface area contributed by atoms with Gasteiger partial charge in [0, 0.05) is 31.1 Å². The summed E-state index contributed by atoms with van der Waals surface area (Å²) in [6.45, 7) is 3.19. The largest absolute Gasteiger partial charge is 0.433 e. The van der Waals surface area contributed by atoms with Gasteiger partial charge < -0.3 is 10.2 Å². The van der Waals surface area contributed by atoms with Crippen LogP contribution in [-0.4, -0.2) is 54.2 Å². The quantitative estimate of drug-likeness (QED) is 0.404. The van der Waals surface area contributed by atoms with Crippen LogP contribution in [0.3, 0.4) is 0 Å². The van der Waals surface area contributed by atoms with E-state index in [1.165, 1.54) is 28.3 Å². The van der Waals surface area contributed by atoms with Crippen molar-refractivity contribution in [2.24, 2.45) is 7.05 Å². The van der Waals surface area contributed by atoms with E-state index in [1.54, 1.807) is 18.0 Å². The van der Waals surface area contributed by atoms with Gasteiger partial charge in [-0.15, -0.1) is 11.3 Å². The fraction of sp³-hybridized carbons (Fsp3) is 0.375. The molecule has 1 aliphatic rings. The second kappa shape index (κ2) is 9.61. The molecule has 37 heavy (non-hydrogen) atoms. The number of anilines is 1. The normalized spacial score (nSPS) is 14.4. The van der Waals surface area contributed by atoms with Crippen molar-refractivity contribution >= 4 is 34.5 Å². The van der Waals surface area contributed by atoms with E-state index in [2.05, 4.69) is 20.5 Å². The van der Waals surface area contributed by atoms with E-state index in [-0.39, 0.29) is 34.3 Å². The number of fused-ring (bicyclic) bond motifs is 1. The number of alkyl halides is 3.